The van der Waals surface area contributed by atoms with E-state index in [2.05, 4.69) is 69.5 Å². The van der Waals surface area contributed by atoms with E-state index < -0.39 is 41.1 Å². The average molecular weight is 839 g/mol. The molecule has 5 aromatic rings. The summed E-state index contributed by atoms with van der Waals surface area (Å²) in [6.07, 6.45) is 6.20. The SMILES string of the molecule is CC(C)(C)OC(=O)NC(C)(C)C(=O)N[C@H](COCc1ccccc1)C(=O)Nc1cn(C(C(=O)N2CCC(C3c4ccccc4CCc4ccccc43)CC2)c2ccccc2)cn1. The van der Waals surface area contributed by atoms with E-state index in [0.717, 1.165) is 36.8 Å². The molecule has 1 saturated heterocycles. The summed E-state index contributed by atoms with van der Waals surface area (Å²) in [5.41, 5.74) is 5.10. The van der Waals surface area contributed by atoms with Crippen LogP contribution in [-0.4, -0.2) is 75.1 Å². The Balaban J connectivity index is 1.06. The predicted octanol–water partition coefficient (Wildman–Crippen LogP) is 7.59. The molecule has 1 fully saturated rings. The third kappa shape index (κ3) is 10.8. The second-order valence-corrected chi connectivity index (χ2v) is 17.8. The number of benzene rings is 4. The lowest BCUT2D eigenvalue weighted by molar-refractivity contribution is -0.135. The standard InChI is InChI=1S/C50H58N6O6/c1-49(2,3)62-48(60)54-50(4,5)47(59)52-41(32-61-31-34-16-8-6-9-17-34)45(57)53-42-30-56(33-51-42)44(38-20-10-7-11-21-38)46(58)55-28-26-37(27-29-55)43-39-22-14-12-18-35(39)24-25-36-19-13-15-23-40(36)43/h6-23,30,33,37,41,43-44H,24-29,31-32H2,1-5H3,(H,52,59)(H,53,57)(H,54,60)/t41-,44?/m1/s1. The van der Waals surface area contributed by atoms with Crippen molar-refractivity contribution in [2.45, 2.75) is 96.1 Å². The normalized spacial score (nSPS) is 15.6. The minimum atomic E-state index is -1.44. The van der Waals surface area contributed by atoms with E-state index in [4.69, 9.17) is 9.47 Å². The number of piperidine rings is 1. The summed E-state index contributed by atoms with van der Waals surface area (Å²) in [7, 11) is 0. The van der Waals surface area contributed by atoms with Gasteiger partial charge in [-0.3, -0.25) is 14.4 Å². The molecule has 62 heavy (non-hydrogen) atoms. The topological polar surface area (TPSA) is 144 Å². The van der Waals surface area contributed by atoms with Crippen molar-refractivity contribution < 1.29 is 28.7 Å². The molecule has 1 aromatic heterocycles. The van der Waals surface area contributed by atoms with Gasteiger partial charge in [-0.05, 0) is 99.6 Å². The number of imidazole rings is 1. The van der Waals surface area contributed by atoms with Crippen molar-refractivity contribution in [3.8, 4) is 0 Å². The first-order valence-corrected chi connectivity index (χ1v) is 21.5. The second kappa shape index (κ2) is 19.2. The number of nitrogens with one attached hydrogen (secondary N) is 3. The Morgan fingerprint density at radius 3 is 1.97 bits per heavy atom. The summed E-state index contributed by atoms with van der Waals surface area (Å²) in [6, 6.07) is 34.8. The highest BCUT2D eigenvalue weighted by atomic mass is 16.6. The lowest BCUT2D eigenvalue weighted by atomic mass is 9.74. The van der Waals surface area contributed by atoms with Crippen LogP contribution in [0, 0.1) is 5.92 Å². The fraction of sp³-hybridized carbons (Fsp3) is 0.380. The van der Waals surface area contributed by atoms with Crippen LogP contribution in [0.3, 0.4) is 0 Å². The Morgan fingerprint density at radius 1 is 0.774 bits per heavy atom. The molecule has 0 saturated carbocycles. The number of anilines is 1. The molecule has 1 aliphatic heterocycles. The lowest BCUT2D eigenvalue weighted by Crippen LogP contribution is -2.59. The van der Waals surface area contributed by atoms with E-state index >= 15 is 0 Å². The molecule has 1 aliphatic carbocycles. The minimum absolute atomic E-state index is 0.0502. The molecular formula is C50H58N6O6. The van der Waals surface area contributed by atoms with Gasteiger partial charge in [-0.2, -0.15) is 0 Å². The molecular weight excluding hydrogens is 781 g/mol. The molecule has 12 nitrogen and oxygen atoms in total. The number of hydrogen-bond donors (Lipinski definition) is 3. The van der Waals surface area contributed by atoms with Crippen molar-refractivity contribution >= 4 is 29.6 Å². The largest absolute Gasteiger partial charge is 0.444 e. The van der Waals surface area contributed by atoms with Gasteiger partial charge in [-0.1, -0.05) is 109 Å². The molecule has 2 heterocycles. The van der Waals surface area contributed by atoms with Crippen molar-refractivity contribution in [2.24, 2.45) is 5.92 Å². The van der Waals surface area contributed by atoms with Crippen LogP contribution in [0.4, 0.5) is 10.6 Å². The number of amides is 4. The number of ether oxygens (including phenoxy) is 2. The molecule has 1 unspecified atom stereocenters. The molecule has 0 radical (unpaired) electrons. The Bertz CT molecular complexity index is 2280. The van der Waals surface area contributed by atoms with Gasteiger partial charge in [0.05, 0.1) is 19.5 Å². The first-order chi connectivity index (χ1) is 29.8. The second-order valence-electron chi connectivity index (χ2n) is 17.8. The number of fused-ring (bicyclic) bond motifs is 2. The van der Waals surface area contributed by atoms with Gasteiger partial charge in [-0.25, -0.2) is 9.78 Å². The fourth-order valence-electron chi connectivity index (χ4n) is 8.54. The van der Waals surface area contributed by atoms with E-state index in [0.29, 0.717) is 19.0 Å². The fourth-order valence-corrected chi connectivity index (χ4v) is 8.54. The summed E-state index contributed by atoms with van der Waals surface area (Å²) in [5.74, 6) is -0.406. The van der Waals surface area contributed by atoms with Crippen molar-refractivity contribution in [1.29, 1.82) is 0 Å². The number of likely N-dealkylation sites (tertiary alicyclic amines) is 1. The molecule has 2 aliphatic rings. The Hall–Kier alpha value is -6.27. The van der Waals surface area contributed by atoms with E-state index in [9.17, 15) is 19.2 Å². The van der Waals surface area contributed by atoms with Gasteiger partial charge in [0.1, 0.15) is 23.2 Å². The van der Waals surface area contributed by atoms with Crippen molar-refractivity contribution in [3.05, 3.63) is 155 Å². The molecule has 7 rings (SSSR count). The molecule has 0 bridgehead atoms. The predicted molar refractivity (Wildman–Crippen MR) is 238 cm³/mol. The van der Waals surface area contributed by atoms with E-state index in [1.807, 2.05) is 65.6 Å². The number of hydrogen-bond acceptors (Lipinski definition) is 7. The van der Waals surface area contributed by atoms with Crippen molar-refractivity contribution in [2.75, 3.05) is 25.0 Å². The van der Waals surface area contributed by atoms with Gasteiger partial charge in [0.2, 0.25) is 11.8 Å². The third-order valence-corrected chi connectivity index (χ3v) is 11.7. The van der Waals surface area contributed by atoms with Crippen LogP contribution in [0.1, 0.15) is 92.8 Å². The van der Waals surface area contributed by atoms with Gasteiger partial charge < -0.3 is 34.9 Å². The van der Waals surface area contributed by atoms with Crippen LogP contribution in [0.2, 0.25) is 0 Å². The zero-order valence-electron chi connectivity index (χ0n) is 36.3. The quantitative estimate of drug-likeness (QED) is 0.111. The highest BCUT2D eigenvalue weighted by molar-refractivity contribution is 5.98. The van der Waals surface area contributed by atoms with Gasteiger partial charge >= 0.3 is 6.09 Å². The minimum Gasteiger partial charge on any atom is -0.444 e. The number of nitrogens with zero attached hydrogens (tertiary/aromatic N) is 3. The van der Waals surface area contributed by atoms with Crippen LogP contribution in [0.25, 0.3) is 0 Å². The number of alkyl carbamates (subject to hydrolysis) is 1. The smallest absolute Gasteiger partial charge is 0.408 e. The third-order valence-electron chi connectivity index (χ3n) is 11.7. The number of aryl methyl sites for hydroxylation is 2. The summed E-state index contributed by atoms with van der Waals surface area (Å²) >= 11 is 0. The Morgan fingerprint density at radius 2 is 1.35 bits per heavy atom. The summed E-state index contributed by atoms with van der Waals surface area (Å²) in [5, 5.41) is 8.16. The number of carbonyl (C=O) groups excluding carboxylic acids is 4. The van der Waals surface area contributed by atoms with Crippen molar-refractivity contribution in [3.63, 3.8) is 0 Å². The first-order valence-electron chi connectivity index (χ1n) is 21.5. The van der Waals surface area contributed by atoms with E-state index in [1.54, 1.807) is 37.9 Å². The Labute approximate surface area is 364 Å². The van der Waals surface area contributed by atoms with Gasteiger partial charge in [-0.15, -0.1) is 0 Å². The summed E-state index contributed by atoms with van der Waals surface area (Å²) in [6.45, 7) is 9.49. The molecule has 4 aromatic carbocycles. The summed E-state index contributed by atoms with van der Waals surface area (Å²) in [4.78, 5) is 61.3. The monoisotopic (exact) mass is 838 g/mol. The highest BCUT2D eigenvalue weighted by Gasteiger charge is 2.37. The number of aromatic nitrogens is 2. The zero-order valence-corrected chi connectivity index (χ0v) is 36.3. The van der Waals surface area contributed by atoms with Crippen LogP contribution in [-0.2, 0) is 43.3 Å². The molecule has 324 valence electrons. The Kier molecular flexibility index (Phi) is 13.6. The van der Waals surface area contributed by atoms with Crippen molar-refractivity contribution in [1.82, 2.24) is 25.1 Å². The maximum absolute atomic E-state index is 14.7. The van der Waals surface area contributed by atoms with E-state index in [-0.39, 0.29) is 30.9 Å². The van der Waals surface area contributed by atoms with Gasteiger partial charge in [0.15, 0.2) is 5.82 Å². The number of rotatable bonds is 13. The molecule has 2 atom stereocenters. The number of carbonyl (C=O) groups is 4. The molecule has 3 N–H and O–H groups in total. The molecule has 0 spiro atoms. The van der Waals surface area contributed by atoms with Gasteiger partial charge in [0, 0.05) is 25.2 Å². The molecule has 4 amide bonds. The zero-order chi connectivity index (χ0) is 43.9. The molecule has 12 heteroatoms. The van der Waals surface area contributed by atoms with Crippen LogP contribution >= 0.6 is 0 Å². The van der Waals surface area contributed by atoms with Crippen LogP contribution < -0.4 is 16.0 Å². The van der Waals surface area contributed by atoms with Crippen LogP contribution in [0.5, 0.6) is 0 Å². The van der Waals surface area contributed by atoms with E-state index in [1.165, 1.54) is 36.1 Å². The van der Waals surface area contributed by atoms with Crippen LogP contribution in [0.15, 0.2) is 122 Å². The maximum atomic E-state index is 14.7. The highest BCUT2D eigenvalue weighted by Crippen LogP contribution is 2.43. The average Bonchev–Trinajstić information content (AvgIpc) is 3.63. The van der Waals surface area contributed by atoms with Gasteiger partial charge in [0.25, 0.3) is 5.91 Å². The lowest BCUT2D eigenvalue weighted by Gasteiger charge is -2.38. The summed E-state index contributed by atoms with van der Waals surface area (Å²) < 4.78 is 13.0. The first kappa shape index (κ1) is 43.8. The maximum Gasteiger partial charge on any atom is 0.408 e.